The highest BCUT2D eigenvalue weighted by Crippen LogP contribution is 2.32. The van der Waals surface area contributed by atoms with Gasteiger partial charge in [0.1, 0.15) is 5.75 Å². The number of hydrogen-bond acceptors (Lipinski definition) is 4. The Bertz CT molecular complexity index is 976. The number of nitrogens with zero attached hydrogens (tertiary/aromatic N) is 1. The van der Waals surface area contributed by atoms with Crippen molar-refractivity contribution < 1.29 is 17.9 Å². The van der Waals surface area contributed by atoms with E-state index in [1.165, 1.54) is 6.92 Å². The molecule has 0 unspecified atom stereocenters. The van der Waals surface area contributed by atoms with Crippen molar-refractivity contribution in [2.75, 3.05) is 22.8 Å². The molecular weight excluding hydrogens is 364 g/mol. The average molecular weight is 388 g/mol. The molecule has 0 fully saturated rings. The summed E-state index contributed by atoms with van der Waals surface area (Å²) in [6.45, 7) is 8.25. The lowest BCUT2D eigenvalue weighted by molar-refractivity contribution is -0.116. The summed E-state index contributed by atoms with van der Waals surface area (Å²) in [6.07, 6.45) is 0.714. The molecule has 0 spiro atoms. The predicted octanol–water partition coefficient (Wildman–Crippen LogP) is 3.41. The van der Waals surface area contributed by atoms with Crippen LogP contribution in [0.2, 0.25) is 0 Å². The molecule has 0 bridgehead atoms. The first-order valence-corrected chi connectivity index (χ1v) is 10.4. The summed E-state index contributed by atoms with van der Waals surface area (Å²) >= 11 is 0. The van der Waals surface area contributed by atoms with Crippen LogP contribution in [0.25, 0.3) is 0 Å². The summed E-state index contributed by atoms with van der Waals surface area (Å²) < 4.78 is 33.9. The van der Waals surface area contributed by atoms with Gasteiger partial charge in [-0.3, -0.25) is 9.52 Å². The van der Waals surface area contributed by atoms with Crippen molar-refractivity contribution >= 4 is 27.3 Å². The molecule has 0 saturated carbocycles. The van der Waals surface area contributed by atoms with E-state index in [2.05, 4.69) is 4.72 Å². The van der Waals surface area contributed by atoms with Crippen molar-refractivity contribution in [3.05, 3.63) is 47.0 Å². The maximum atomic E-state index is 12.8. The van der Waals surface area contributed by atoms with E-state index in [9.17, 15) is 13.2 Å². The molecule has 7 heteroatoms. The predicted molar refractivity (Wildman–Crippen MR) is 106 cm³/mol. The van der Waals surface area contributed by atoms with Crippen molar-refractivity contribution in [1.82, 2.24) is 0 Å². The molecule has 0 saturated heterocycles. The number of rotatable bonds is 5. The van der Waals surface area contributed by atoms with Crippen LogP contribution in [0.5, 0.6) is 5.75 Å². The number of carbonyl (C=O) groups excluding carboxylic acids is 1. The van der Waals surface area contributed by atoms with E-state index in [-0.39, 0.29) is 10.8 Å². The van der Waals surface area contributed by atoms with Gasteiger partial charge >= 0.3 is 0 Å². The van der Waals surface area contributed by atoms with Crippen molar-refractivity contribution in [1.29, 1.82) is 0 Å². The highest BCUT2D eigenvalue weighted by Gasteiger charge is 2.23. The Morgan fingerprint density at radius 1 is 1.19 bits per heavy atom. The van der Waals surface area contributed by atoms with E-state index < -0.39 is 10.0 Å². The fourth-order valence-corrected chi connectivity index (χ4v) is 4.66. The number of hydrogen-bond donors (Lipinski definition) is 1. The minimum atomic E-state index is -3.72. The van der Waals surface area contributed by atoms with Crippen molar-refractivity contribution in [2.24, 2.45) is 0 Å². The van der Waals surface area contributed by atoms with Crippen LogP contribution >= 0.6 is 0 Å². The summed E-state index contributed by atoms with van der Waals surface area (Å²) in [5.74, 6) is 0.709. The minimum absolute atomic E-state index is 0.0116. The maximum absolute atomic E-state index is 12.8. The normalized spacial score (nSPS) is 13.4. The van der Waals surface area contributed by atoms with Gasteiger partial charge < -0.3 is 9.64 Å². The second-order valence-electron chi connectivity index (χ2n) is 6.69. The molecule has 0 radical (unpaired) electrons. The lowest BCUT2D eigenvalue weighted by Gasteiger charge is -2.16. The summed E-state index contributed by atoms with van der Waals surface area (Å²) in [7, 11) is -3.72. The van der Waals surface area contributed by atoms with Gasteiger partial charge in [-0.1, -0.05) is 0 Å². The number of carbonyl (C=O) groups is 1. The summed E-state index contributed by atoms with van der Waals surface area (Å²) in [6, 6.07) is 8.50. The second-order valence-corrected chi connectivity index (χ2v) is 8.37. The first-order valence-electron chi connectivity index (χ1n) is 8.91. The highest BCUT2D eigenvalue weighted by atomic mass is 32.2. The average Bonchev–Trinajstić information content (AvgIpc) is 3.01. The van der Waals surface area contributed by atoms with E-state index in [0.717, 1.165) is 28.1 Å². The SMILES string of the molecule is CCOc1c(C)cc(S(=O)(=O)Nc2ccc3c(c2)CCN3C(C)=O)cc1C. The van der Waals surface area contributed by atoms with E-state index in [0.29, 0.717) is 25.3 Å². The first-order chi connectivity index (χ1) is 12.7. The molecule has 0 aliphatic carbocycles. The van der Waals surface area contributed by atoms with Crippen LogP contribution in [-0.2, 0) is 21.2 Å². The maximum Gasteiger partial charge on any atom is 0.261 e. The number of sulfonamides is 1. The number of anilines is 2. The molecule has 144 valence electrons. The molecule has 2 aromatic carbocycles. The fraction of sp³-hybridized carbons (Fsp3) is 0.350. The zero-order chi connectivity index (χ0) is 19.8. The van der Waals surface area contributed by atoms with E-state index in [4.69, 9.17) is 4.74 Å². The second kappa shape index (κ2) is 7.23. The van der Waals surface area contributed by atoms with E-state index in [1.807, 2.05) is 20.8 Å². The van der Waals surface area contributed by atoms with Crippen molar-refractivity contribution in [3.8, 4) is 5.75 Å². The number of ether oxygens (including phenoxy) is 1. The number of benzene rings is 2. The van der Waals surface area contributed by atoms with Gasteiger partial charge in [0, 0.05) is 24.8 Å². The first kappa shape index (κ1) is 19.2. The third-order valence-electron chi connectivity index (χ3n) is 4.64. The standard InChI is InChI=1S/C20H24N2O4S/c1-5-26-20-13(2)10-18(11-14(20)3)27(24,25)21-17-6-7-19-16(12-17)8-9-22(19)15(4)23/h6-7,10-12,21H,5,8-9H2,1-4H3. The van der Waals surface area contributed by atoms with Gasteiger partial charge in [0.05, 0.1) is 11.5 Å². The molecule has 3 rings (SSSR count). The summed E-state index contributed by atoms with van der Waals surface area (Å²) in [5.41, 5.74) is 3.86. The Morgan fingerprint density at radius 2 is 1.85 bits per heavy atom. The molecule has 2 aromatic rings. The lowest BCUT2D eigenvalue weighted by Crippen LogP contribution is -2.25. The highest BCUT2D eigenvalue weighted by molar-refractivity contribution is 7.92. The van der Waals surface area contributed by atoms with Crippen LogP contribution in [0.3, 0.4) is 0 Å². The van der Waals surface area contributed by atoms with Crippen LogP contribution in [0.4, 0.5) is 11.4 Å². The van der Waals surface area contributed by atoms with Gasteiger partial charge in [-0.2, -0.15) is 0 Å². The molecule has 0 atom stereocenters. The van der Waals surface area contributed by atoms with Crippen LogP contribution in [-0.4, -0.2) is 27.5 Å². The van der Waals surface area contributed by atoms with E-state index >= 15 is 0 Å². The molecule has 1 amide bonds. The number of fused-ring (bicyclic) bond motifs is 1. The minimum Gasteiger partial charge on any atom is -0.493 e. The molecule has 27 heavy (non-hydrogen) atoms. The molecule has 1 N–H and O–H groups in total. The van der Waals surface area contributed by atoms with Crippen LogP contribution in [0.1, 0.15) is 30.5 Å². The Hall–Kier alpha value is -2.54. The van der Waals surface area contributed by atoms with Crippen LogP contribution in [0, 0.1) is 13.8 Å². The topological polar surface area (TPSA) is 75.7 Å². The number of aryl methyl sites for hydroxylation is 2. The molecule has 6 nitrogen and oxygen atoms in total. The smallest absolute Gasteiger partial charge is 0.261 e. The lowest BCUT2D eigenvalue weighted by atomic mass is 10.1. The van der Waals surface area contributed by atoms with Gasteiger partial charge in [-0.15, -0.1) is 0 Å². The third-order valence-corrected chi connectivity index (χ3v) is 6.00. The van der Waals surface area contributed by atoms with Crippen molar-refractivity contribution in [2.45, 2.75) is 39.0 Å². The van der Waals surface area contributed by atoms with Gasteiger partial charge in [0.15, 0.2) is 0 Å². The largest absolute Gasteiger partial charge is 0.493 e. The fourth-order valence-electron chi connectivity index (χ4n) is 3.44. The van der Waals surface area contributed by atoms with Crippen LogP contribution < -0.4 is 14.4 Å². The van der Waals surface area contributed by atoms with Gasteiger partial charge in [-0.25, -0.2) is 8.42 Å². The van der Waals surface area contributed by atoms with Crippen LogP contribution in [0.15, 0.2) is 35.2 Å². The van der Waals surface area contributed by atoms with Gasteiger partial charge in [0.2, 0.25) is 5.91 Å². The Balaban J connectivity index is 1.89. The molecule has 1 aliphatic rings. The Labute approximate surface area is 160 Å². The molecule has 0 aromatic heterocycles. The summed E-state index contributed by atoms with van der Waals surface area (Å²) in [4.78, 5) is 13.6. The zero-order valence-corrected chi connectivity index (χ0v) is 16.8. The van der Waals surface area contributed by atoms with Gasteiger partial charge in [-0.05, 0) is 74.2 Å². The van der Waals surface area contributed by atoms with Crippen molar-refractivity contribution in [3.63, 3.8) is 0 Å². The Morgan fingerprint density at radius 3 is 2.44 bits per heavy atom. The number of amides is 1. The Kier molecular flexibility index (Phi) is 5.15. The third kappa shape index (κ3) is 3.78. The number of nitrogens with one attached hydrogen (secondary N) is 1. The monoisotopic (exact) mass is 388 g/mol. The molecule has 1 heterocycles. The zero-order valence-electron chi connectivity index (χ0n) is 16.0. The molecule has 1 aliphatic heterocycles. The molecular formula is C20H24N2O4S. The van der Waals surface area contributed by atoms with Gasteiger partial charge in [0.25, 0.3) is 10.0 Å². The quantitative estimate of drug-likeness (QED) is 0.852. The van der Waals surface area contributed by atoms with E-state index in [1.54, 1.807) is 35.2 Å². The summed E-state index contributed by atoms with van der Waals surface area (Å²) in [5, 5.41) is 0.